The summed E-state index contributed by atoms with van der Waals surface area (Å²) >= 11 is 0. The van der Waals surface area contributed by atoms with Crippen LogP contribution in [0.4, 0.5) is 0 Å². The number of fused-ring (bicyclic) bond motifs is 7. The van der Waals surface area contributed by atoms with Gasteiger partial charge in [0.25, 0.3) is 0 Å². The molecule has 0 atom stereocenters. The van der Waals surface area contributed by atoms with Crippen molar-refractivity contribution in [2.75, 3.05) is 0 Å². The number of hydrogen-bond donors (Lipinski definition) is 0. The Labute approximate surface area is 345 Å². The highest BCUT2D eigenvalue weighted by Crippen LogP contribution is 2.42. The average molecular weight is 767 g/mol. The van der Waals surface area contributed by atoms with Crippen LogP contribution in [0.25, 0.3) is 117 Å². The molecule has 0 aliphatic rings. The molecule has 0 aliphatic carbocycles. The predicted octanol–water partition coefficient (Wildman–Crippen LogP) is 14.4. The van der Waals surface area contributed by atoms with Gasteiger partial charge in [-0.05, 0) is 76.0 Å². The number of aromatic nitrogens is 4. The van der Waals surface area contributed by atoms with Gasteiger partial charge in [-0.15, -0.1) is 0 Å². The molecule has 5 heteroatoms. The average Bonchev–Trinajstić information content (AvgIpc) is 3.87. The Morgan fingerprint density at radius 1 is 0.317 bits per heavy atom. The monoisotopic (exact) mass is 766 g/mol. The van der Waals surface area contributed by atoms with Crippen molar-refractivity contribution < 1.29 is 4.42 Å². The molecule has 3 aromatic heterocycles. The second-order valence-corrected chi connectivity index (χ2v) is 15.2. The van der Waals surface area contributed by atoms with Crippen molar-refractivity contribution in [1.82, 2.24) is 19.5 Å². The molecule has 5 nitrogen and oxygen atoms in total. The smallest absolute Gasteiger partial charge is 0.164 e. The van der Waals surface area contributed by atoms with E-state index in [4.69, 9.17) is 19.4 Å². The molecule has 12 aromatic rings. The largest absolute Gasteiger partial charge is 0.455 e. The van der Waals surface area contributed by atoms with Gasteiger partial charge in [-0.25, -0.2) is 15.0 Å². The summed E-state index contributed by atoms with van der Waals surface area (Å²) in [6, 6.07) is 72.3. The Morgan fingerprint density at radius 3 is 1.52 bits per heavy atom. The van der Waals surface area contributed by atoms with E-state index in [2.05, 4.69) is 138 Å². The molecule has 0 spiro atoms. The molecule has 0 saturated carbocycles. The molecule has 280 valence electrons. The third kappa shape index (κ3) is 5.52. The first-order chi connectivity index (χ1) is 29.7. The van der Waals surface area contributed by atoms with Gasteiger partial charge in [0.15, 0.2) is 17.5 Å². The highest BCUT2D eigenvalue weighted by atomic mass is 16.3. The van der Waals surface area contributed by atoms with Gasteiger partial charge in [-0.1, -0.05) is 158 Å². The predicted molar refractivity (Wildman–Crippen MR) is 246 cm³/mol. The third-order valence-corrected chi connectivity index (χ3v) is 11.7. The molecule has 12 rings (SSSR count). The van der Waals surface area contributed by atoms with Crippen molar-refractivity contribution in [3.05, 3.63) is 206 Å². The summed E-state index contributed by atoms with van der Waals surface area (Å²) in [5.74, 6) is 1.93. The molecule has 0 amide bonds. The van der Waals surface area contributed by atoms with Crippen LogP contribution in [0.1, 0.15) is 0 Å². The minimum Gasteiger partial charge on any atom is -0.455 e. The summed E-state index contributed by atoms with van der Waals surface area (Å²) in [4.78, 5) is 14.8. The zero-order valence-electron chi connectivity index (χ0n) is 32.3. The number of furan rings is 1. The summed E-state index contributed by atoms with van der Waals surface area (Å²) in [6.45, 7) is 0. The molecule has 60 heavy (non-hydrogen) atoms. The highest BCUT2D eigenvalue weighted by Gasteiger charge is 2.18. The molecular formula is C55H34N4O. The first kappa shape index (κ1) is 33.9. The van der Waals surface area contributed by atoms with Gasteiger partial charge >= 0.3 is 0 Å². The number of nitrogens with zero attached hydrogens (tertiary/aromatic N) is 4. The summed E-state index contributed by atoms with van der Waals surface area (Å²) in [6.07, 6.45) is 0. The maximum Gasteiger partial charge on any atom is 0.164 e. The fourth-order valence-corrected chi connectivity index (χ4v) is 8.87. The van der Waals surface area contributed by atoms with Crippen molar-refractivity contribution in [2.24, 2.45) is 0 Å². The molecule has 0 unspecified atom stereocenters. The van der Waals surface area contributed by atoms with Crippen LogP contribution in [0.5, 0.6) is 0 Å². The quantitative estimate of drug-likeness (QED) is 0.169. The maximum atomic E-state index is 6.49. The van der Waals surface area contributed by atoms with E-state index in [-0.39, 0.29) is 0 Å². The van der Waals surface area contributed by atoms with Gasteiger partial charge < -0.3 is 8.98 Å². The van der Waals surface area contributed by atoms with Crippen molar-refractivity contribution in [3.63, 3.8) is 0 Å². The fourth-order valence-electron chi connectivity index (χ4n) is 8.87. The zero-order chi connectivity index (χ0) is 39.6. The first-order valence-corrected chi connectivity index (χ1v) is 20.2. The van der Waals surface area contributed by atoms with Crippen LogP contribution in [-0.4, -0.2) is 19.5 Å². The normalized spacial score (nSPS) is 11.7. The number of hydrogen-bond acceptors (Lipinski definition) is 4. The zero-order valence-corrected chi connectivity index (χ0v) is 32.3. The molecule has 0 saturated heterocycles. The molecule has 0 N–H and O–H groups in total. The molecule has 0 fully saturated rings. The van der Waals surface area contributed by atoms with E-state index in [0.717, 1.165) is 66.5 Å². The molecule has 0 radical (unpaired) electrons. The highest BCUT2D eigenvalue weighted by molar-refractivity contribution is 6.15. The maximum absolute atomic E-state index is 6.49. The number of para-hydroxylation sites is 3. The first-order valence-electron chi connectivity index (χ1n) is 20.2. The Morgan fingerprint density at radius 2 is 0.817 bits per heavy atom. The molecular weight excluding hydrogens is 733 g/mol. The van der Waals surface area contributed by atoms with Gasteiger partial charge in [-0.3, -0.25) is 0 Å². The van der Waals surface area contributed by atoms with Gasteiger partial charge in [0.2, 0.25) is 0 Å². The standard InChI is InChI=1S/C55H34N4O/c1-3-14-35(15-4-1)53-56-54(36-16-5-2-6-17-36)58-55(57-53)37-28-31-39(32-29-37)59-49-26-9-7-18-44(49)48-34-38(30-33-50(48)59)40-20-11-22-42-41(40)21-12-23-43(42)46-24-13-25-47-45-19-8-10-27-51(45)60-52(46)47/h1-34H. The van der Waals surface area contributed by atoms with E-state index in [0.29, 0.717) is 17.5 Å². The van der Waals surface area contributed by atoms with E-state index >= 15 is 0 Å². The molecule has 0 aliphatic heterocycles. The minimum atomic E-state index is 0.633. The van der Waals surface area contributed by atoms with Gasteiger partial charge in [0.05, 0.1) is 11.0 Å². The number of benzene rings is 9. The van der Waals surface area contributed by atoms with Crippen molar-refractivity contribution in [2.45, 2.75) is 0 Å². The van der Waals surface area contributed by atoms with E-state index in [1.165, 1.54) is 32.7 Å². The van der Waals surface area contributed by atoms with Crippen LogP contribution in [0.3, 0.4) is 0 Å². The van der Waals surface area contributed by atoms with Crippen molar-refractivity contribution in [1.29, 1.82) is 0 Å². The molecule has 3 heterocycles. The summed E-state index contributed by atoms with van der Waals surface area (Å²) in [5.41, 5.74) is 12.6. The lowest BCUT2D eigenvalue weighted by molar-refractivity contribution is 0.670. The van der Waals surface area contributed by atoms with Gasteiger partial charge in [0, 0.05) is 49.5 Å². The molecule has 9 aromatic carbocycles. The summed E-state index contributed by atoms with van der Waals surface area (Å²) < 4.78 is 8.84. The molecule has 0 bridgehead atoms. The van der Waals surface area contributed by atoms with E-state index in [9.17, 15) is 0 Å². The second-order valence-electron chi connectivity index (χ2n) is 15.2. The van der Waals surface area contributed by atoms with E-state index < -0.39 is 0 Å². The van der Waals surface area contributed by atoms with Crippen LogP contribution in [0.15, 0.2) is 211 Å². The SMILES string of the molecule is c1ccc(-c2nc(-c3ccccc3)nc(-c3ccc(-n4c5ccccc5c5cc(-c6cccc7c(-c8cccc9c8oc8ccccc89)cccc67)ccc54)cc3)n2)cc1. The minimum absolute atomic E-state index is 0.633. The lowest BCUT2D eigenvalue weighted by Crippen LogP contribution is -2.00. The van der Waals surface area contributed by atoms with Crippen molar-refractivity contribution in [3.8, 4) is 62.1 Å². The lowest BCUT2D eigenvalue weighted by Gasteiger charge is -2.13. The fraction of sp³-hybridized carbons (Fsp3) is 0. The van der Waals surface area contributed by atoms with Crippen LogP contribution in [-0.2, 0) is 0 Å². The lowest BCUT2D eigenvalue weighted by atomic mass is 9.92. The Balaban J connectivity index is 0.958. The van der Waals surface area contributed by atoms with Gasteiger partial charge in [0.1, 0.15) is 11.2 Å². The van der Waals surface area contributed by atoms with Crippen LogP contribution in [0, 0.1) is 0 Å². The van der Waals surface area contributed by atoms with Crippen LogP contribution < -0.4 is 0 Å². The number of rotatable bonds is 6. The Kier molecular flexibility index (Phi) is 7.78. The third-order valence-electron chi connectivity index (χ3n) is 11.7. The Bertz CT molecular complexity index is 3530. The van der Waals surface area contributed by atoms with Gasteiger partial charge in [-0.2, -0.15) is 0 Å². The van der Waals surface area contributed by atoms with Crippen LogP contribution in [0.2, 0.25) is 0 Å². The Hall–Kier alpha value is -8.15. The second kappa shape index (κ2) is 13.8. The van der Waals surface area contributed by atoms with E-state index in [1.807, 2.05) is 72.8 Å². The summed E-state index contributed by atoms with van der Waals surface area (Å²) in [5, 5.41) is 7.06. The topological polar surface area (TPSA) is 56.7 Å². The summed E-state index contributed by atoms with van der Waals surface area (Å²) in [7, 11) is 0. The van der Waals surface area contributed by atoms with Crippen LogP contribution >= 0.6 is 0 Å². The van der Waals surface area contributed by atoms with E-state index in [1.54, 1.807) is 0 Å². The van der Waals surface area contributed by atoms with Crippen molar-refractivity contribution >= 4 is 54.5 Å².